The number of hydrogen-bond donors (Lipinski definition) is 3. The van der Waals surface area contributed by atoms with E-state index in [-0.39, 0.29) is 17.7 Å². The molecule has 4 heteroatoms. The van der Waals surface area contributed by atoms with Gasteiger partial charge in [-0.3, -0.25) is 5.41 Å². The van der Waals surface area contributed by atoms with Crippen molar-refractivity contribution < 1.29 is 5.11 Å². The van der Waals surface area contributed by atoms with Gasteiger partial charge in [0.15, 0.2) is 0 Å². The van der Waals surface area contributed by atoms with Gasteiger partial charge in [0.1, 0.15) is 5.84 Å². The van der Waals surface area contributed by atoms with Crippen LogP contribution in [0.3, 0.4) is 0 Å². The van der Waals surface area contributed by atoms with Crippen LogP contribution in [0.2, 0.25) is 0 Å². The third-order valence-electron chi connectivity index (χ3n) is 7.39. The average molecular weight is 337 g/mol. The highest BCUT2D eigenvalue weighted by Gasteiger charge is 2.59. The molecule has 4 unspecified atom stereocenters. The van der Waals surface area contributed by atoms with Gasteiger partial charge in [-0.05, 0) is 68.3 Å². The minimum atomic E-state index is -0.779. The molecule has 0 saturated heterocycles. The van der Waals surface area contributed by atoms with E-state index in [1.165, 1.54) is 0 Å². The van der Waals surface area contributed by atoms with Crippen LogP contribution in [0.5, 0.6) is 0 Å². The lowest BCUT2D eigenvalue weighted by atomic mass is 9.45. The number of aliphatic hydroxyl groups is 1. The van der Waals surface area contributed by atoms with E-state index in [0.717, 1.165) is 37.7 Å². The van der Waals surface area contributed by atoms with Crippen molar-refractivity contribution in [2.75, 3.05) is 0 Å². The Morgan fingerprint density at radius 1 is 1.28 bits per heavy atom. The van der Waals surface area contributed by atoms with Crippen LogP contribution in [0.4, 0.5) is 0 Å². The fraction of sp³-hybridized carbons (Fsp3) is 0.619. The largest absolute Gasteiger partial charge is 0.390 e. The summed E-state index contributed by atoms with van der Waals surface area (Å²) in [4.78, 5) is 0. The predicted octanol–water partition coefficient (Wildman–Crippen LogP) is 3.21. The van der Waals surface area contributed by atoms with Crippen molar-refractivity contribution >= 4 is 5.84 Å². The first-order valence-electron chi connectivity index (χ1n) is 9.39. The maximum Gasteiger partial charge on any atom is 0.102 e. The molecule has 1 aromatic carbocycles. The summed E-state index contributed by atoms with van der Waals surface area (Å²) in [6.45, 7) is 1.96. The molecule has 0 heterocycles. The lowest BCUT2D eigenvalue weighted by Gasteiger charge is -2.60. The number of nitriles is 1. The van der Waals surface area contributed by atoms with Crippen molar-refractivity contribution in [1.29, 1.82) is 10.7 Å². The predicted molar refractivity (Wildman–Crippen MR) is 96.8 cm³/mol. The van der Waals surface area contributed by atoms with E-state index in [1.807, 2.05) is 37.3 Å². The van der Waals surface area contributed by atoms with E-state index >= 15 is 0 Å². The lowest BCUT2D eigenvalue weighted by Crippen LogP contribution is -2.59. The Labute approximate surface area is 149 Å². The normalized spacial score (nSPS) is 39.4. The fourth-order valence-electron chi connectivity index (χ4n) is 6.45. The van der Waals surface area contributed by atoms with Crippen LogP contribution in [0.1, 0.15) is 44.6 Å². The van der Waals surface area contributed by atoms with Crippen LogP contribution in [0, 0.1) is 46.3 Å². The molecule has 0 aromatic heterocycles. The summed E-state index contributed by atoms with van der Waals surface area (Å²) in [5.41, 5.74) is 5.74. The van der Waals surface area contributed by atoms with Crippen molar-refractivity contribution in [1.82, 2.24) is 0 Å². The first-order valence-corrected chi connectivity index (χ1v) is 9.39. The smallest absolute Gasteiger partial charge is 0.102 e. The molecule has 1 aromatic rings. The highest BCUT2D eigenvalue weighted by Crippen LogP contribution is 2.61. The summed E-state index contributed by atoms with van der Waals surface area (Å²) in [5.74, 6) is 1.32. The van der Waals surface area contributed by atoms with Crippen LogP contribution in [-0.2, 0) is 5.41 Å². The molecule has 4 aliphatic rings. The van der Waals surface area contributed by atoms with Crippen molar-refractivity contribution in [3.8, 4) is 6.07 Å². The Balaban J connectivity index is 1.75. The standard InChI is InChI=1S/C21H27N3O/c1-20(19(23)24,16-5-3-2-4-6-16)17(12-22)18-14-7-13-8-15(18)11-21(25,9-13)10-14/h2-6,13-15,17-18,25H,7-11H2,1H3,(H3,23,24). The third-order valence-corrected chi connectivity index (χ3v) is 7.39. The van der Waals surface area contributed by atoms with E-state index in [1.54, 1.807) is 0 Å². The molecular formula is C21H27N3O. The topological polar surface area (TPSA) is 93.9 Å². The molecule has 0 radical (unpaired) electrons. The van der Waals surface area contributed by atoms with Crippen LogP contribution >= 0.6 is 0 Å². The average Bonchev–Trinajstić information content (AvgIpc) is 2.56. The molecule has 4 atom stereocenters. The molecule has 4 N–H and O–H groups in total. The summed E-state index contributed by atoms with van der Waals surface area (Å²) >= 11 is 0. The quantitative estimate of drug-likeness (QED) is 0.581. The van der Waals surface area contributed by atoms with E-state index in [0.29, 0.717) is 17.8 Å². The first kappa shape index (κ1) is 16.6. The Hall–Kier alpha value is -1.86. The second-order valence-electron chi connectivity index (χ2n) is 8.86. The summed E-state index contributed by atoms with van der Waals surface area (Å²) in [6.07, 6.45) is 4.79. The molecule has 4 aliphatic carbocycles. The first-order chi connectivity index (χ1) is 11.9. The van der Waals surface area contributed by atoms with Crippen LogP contribution in [0.25, 0.3) is 0 Å². The van der Waals surface area contributed by atoms with E-state index in [4.69, 9.17) is 11.1 Å². The summed E-state index contributed by atoms with van der Waals surface area (Å²) in [5, 5.41) is 29.3. The molecule has 0 amide bonds. The molecule has 4 nitrogen and oxygen atoms in total. The van der Waals surface area contributed by atoms with Crippen molar-refractivity contribution in [3.63, 3.8) is 0 Å². The minimum absolute atomic E-state index is 0.0674. The highest BCUT2D eigenvalue weighted by atomic mass is 16.3. The maximum atomic E-state index is 10.9. The second kappa shape index (κ2) is 5.57. The Bertz CT molecular complexity index is 708. The molecular weight excluding hydrogens is 310 g/mol. The summed E-state index contributed by atoms with van der Waals surface area (Å²) in [7, 11) is 0. The van der Waals surface area contributed by atoms with Gasteiger partial charge < -0.3 is 10.8 Å². The van der Waals surface area contributed by atoms with Gasteiger partial charge in [0.25, 0.3) is 0 Å². The van der Waals surface area contributed by atoms with Gasteiger partial charge in [0.2, 0.25) is 0 Å². The van der Waals surface area contributed by atoms with Gasteiger partial charge in [-0.25, -0.2) is 0 Å². The van der Waals surface area contributed by atoms with Gasteiger partial charge in [-0.15, -0.1) is 0 Å². The van der Waals surface area contributed by atoms with Crippen LogP contribution in [-0.4, -0.2) is 16.5 Å². The number of nitrogens with zero attached hydrogens (tertiary/aromatic N) is 1. The molecule has 0 aliphatic heterocycles. The lowest BCUT2D eigenvalue weighted by molar-refractivity contribution is -0.161. The van der Waals surface area contributed by atoms with E-state index < -0.39 is 11.0 Å². The zero-order valence-corrected chi connectivity index (χ0v) is 14.8. The van der Waals surface area contributed by atoms with Crippen LogP contribution < -0.4 is 5.73 Å². The molecule has 0 spiro atoms. The molecule has 4 fully saturated rings. The van der Waals surface area contributed by atoms with Gasteiger partial charge >= 0.3 is 0 Å². The van der Waals surface area contributed by atoms with Gasteiger partial charge in [-0.2, -0.15) is 5.26 Å². The van der Waals surface area contributed by atoms with Gasteiger partial charge in [0, 0.05) is 0 Å². The van der Waals surface area contributed by atoms with Crippen molar-refractivity contribution in [3.05, 3.63) is 35.9 Å². The minimum Gasteiger partial charge on any atom is -0.390 e. The molecule has 4 bridgehead atoms. The number of hydrogen-bond acceptors (Lipinski definition) is 3. The highest BCUT2D eigenvalue weighted by molar-refractivity contribution is 5.89. The van der Waals surface area contributed by atoms with E-state index in [9.17, 15) is 10.4 Å². The summed E-state index contributed by atoms with van der Waals surface area (Å²) < 4.78 is 0. The SMILES string of the molecule is CC(C(=N)N)(c1ccccc1)C(C#N)C1C2CC3CC1CC(O)(C3)C2. The third kappa shape index (κ3) is 2.40. The second-order valence-corrected chi connectivity index (χ2v) is 8.86. The van der Waals surface area contributed by atoms with Crippen LogP contribution in [0.15, 0.2) is 30.3 Å². The van der Waals surface area contributed by atoms with Gasteiger partial charge in [-0.1, -0.05) is 30.3 Å². The number of amidine groups is 1. The molecule has 132 valence electrons. The maximum absolute atomic E-state index is 10.9. The zero-order chi connectivity index (χ0) is 17.8. The Morgan fingerprint density at radius 3 is 2.36 bits per heavy atom. The van der Waals surface area contributed by atoms with Crippen molar-refractivity contribution in [2.45, 2.75) is 50.0 Å². The Kier molecular flexibility index (Phi) is 3.70. The molecule has 25 heavy (non-hydrogen) atoms. The number of benzene rings is 1. The monoisotopic (exact) mass is 337 g/mol. The fourth-order valence-corrected chi connectivity index (χ4v) is 6.45. The van der Waals surface area contributed by atoms with Gasteiger partial charge in [0.05, 0.1) is 23.0 Å². The molecule has 4 saturated carbocycles. The number of nitrogens with one attached hydrogen (secondary N) is 1. The number of nitrogens with two attached hydrogens (primary N) is 1. The molecule has 5 rings (SSSR count). The van der Waals surface area contributed by atoms with Crippen molar-refractivity contribution in [2.24, 2.45) is 35.3 Å². The Morgan fingerprint density at radius 2 is 1.88 bits per heavy atom. The zero-order valence-electron chi connectivity index (χ0n) is 14.8. The van der Waals surface area contributed by atoms with E-state index in [2.05, 4.69) is 6.07 Å². The number of rotatable bonds is 4. The summed E-state index contributed by atoms with van der Waals surface area (Å²) in [6, 6.07) is 12.4.